The van der Waals surface area contributed by atoms with Crippen LogP contribution in [0.25, 0.3) is 5.65 Å². The van der Waals surface area contributed by atoms with Crippen molar-refractivity contribution >= 4 is 11.6 Å². The van der Waals surface area contributed by atoms with Crippen molar-refractivity contribution in [1.82, 2.24) is 29.5 Å². The number of nitrogens with one attached hydrogen (secondary N) is 1. The number of nitrogens with zero attached hydrogens (tertiary/aromatic N) is 5. The molecule has 128 valence electrons. The summed E-state index contributed by atoms with van der Waals surface area (Å²) in [5.41, 5.74) is 2.93. The van der Waals surface area contributed by atoms with E-state index in [4.69, 9.17) is 0 Å². The quantitative estimate of drug-likeness (QED) is 0.762. The molecule has 1 amide bonds. The number of amides is 1. The van der Waals surface area contributed by atoms with Crippen LogP contribution in [0.1, 0.15) is 46.3 Å². The fraction of sp³-hybridized carbons (Fsp3) is 0.353. The summed E-state index contributed by atoms with van der Waals surface area (Å²) in [6, 6.07) is 1.72. The van der Waals surface area contributed by atoms with Gasteiger partial charge in [0.1, 0.15) is 5.69 Å². The van der Waals surface area contributed by atoms with E-state index in [1.54, 1.807) is 18.0 Å². The maximum atomic E-state index is 12.7. The number of aromatic nitrogens is 5. The number of likely N-dealkylation sites (tertiary alicyclic amines) is 1. The van der Waals surface area contributed by atoms with Crippen molar-refractivity contribution in [3.63, 3.8) is 0 Å². The smallest absolute Gasteiger partial charge is 0.275 e. The molecule has 3 aromatic rings. The van der Waals surface area contributed by atoms with E-state index in [2.05, 4.69) is 20.1 Å². The standard InChI is InChI=1S/C17H18N6O2/c1-10-11(2)20-15-8-12(21-23(15)16(10)24)14-4-3-7-22(14)17(25)13-9-18-5-6-19-13/h5-6,8-9,14,21H,3-4,7H2,1-2H3/t14-/m0/s1. The van der Waals surface area contributed by atoms with Crippen LogP contribution in [-0.4, -0.2) is 41.9 Å². The minimum absolute atomic E-state index is 0.112. The van der Waals surface area contributed by atoms with Gasteiger partial charge in [-0.05, 0) is 26.7 Å². The number of H-pyrrole nitrogens is 1. The Morgan fingerprint density at radius 1 is 1.32 bits per heavy atom. The van der Waals surface area contributed by atoms with E-state index in [-0.39, 0.29) is 17.5 Å². The van der Waals surface area contributed by atoms with Crippen LogP contribution in [0, 0.1) is 13.8 Å². The fourth-order valence-corrected chi connectivity index (χ4v) is 3.30. The maximum Gasteiger partial charge on any atom is 0.275 e. The Labute approximate surface area is 143 Å². The van der Waals surface area contributed by atoms with Crippen LogP contribution < -0.4 is 5.56 Å². The van der Waals surface area contributed by atoms with Crippen LogP contribution in [0.3, 0.4) is 0 Å². The summed E-state index contributed by atoms with van der Waals surface area (Å²) in [7, 11) is 0. The number of aromatic amines is 1. The molecule has 0 aliphatic carbocycles. The number of carbonyl (C=O) groups excluding carboxylic acids is 1. The first-order valence-corrected chi connectivity index (χ1v) is 8.22. The Balaban J connectivity index is 1.73. The lowest BCUT2D eigenvalue weighted by Crippen LogP contribution is -2.31. The molecule has 0 saturated carbocycles. The lowest BCUT2D eigenvalue weighted by molar-refractivity contribution is 0.0726. The Morgan fingerprint density at radius 3 is 2.92 bits per heavy atom. The van der Waals surface area contributed by atoms with E-state index in [0.29, 0.717) is 23.4 Å². The third-order valence-corrected chi connectivity index (χ3v) is 4.76. The number of fused-ring (bicyclic) bond motifs is 1. The Hall–Kier alpha value is -3.03. The van der Waals surface area contributed by atoms with E-state index in [1.165, 1.54) is 16.9 Å². The molecular weight excluding hydrogens is 320 g/mol. The number of aryl methyl sites for hydroxylation is 1. The molecule has 0 bridgehead atoms. The summed E-state index contributed by atoms with van der Waals surface area (Å²) in [6.45, 7) is 4.23. The van der Waals surface area contributed by atoms with Gasteiger partial charge in [-0.15, -0.1) is 0 Å². The van der Waals surface area contributed by atoms with E-state index >= 15 is 0 Å². The molecule has 0 spiro atoms. The van der Waals surface area contributed by atoms with Crippen molar-refractivity contribution < 1.29 is 4.79 Å². The monoisotopic (exact) mass is 338 g/mol. The van der Waals surface area contributed by atoms with Crippen molar-refractivity contribution in [1.29, 1.82) is 0 Å². The zero-order valence-corrected chi connectivity index (χ0v) is 14.1. The second-order valence-electron chi connectivity index (χ2n) is 6.28. The molecule has 8 heteroatoms. The average Bonchev–Trinajstić information content (AvgIpc) is 3.26. The van der Waals surface area contributed by atoms with Gasteiger partial charge >= 0.3 is 0 Å². The molecule has 1 N–H and O–H groups in total. The number of carbonyl (C=O) groups is 1. The topological polar surface area (TPSA) is 96.2 Å². The van der Waals surface area contributed by atoms with Crippen molar-refractivity contribution in [2.45, 2.75) is 32.7 Å². The minimum Gasteiger partial charge on any atom is -0.329 e. The third-order valence-electron chi connectivity index (χ3n) is 4.76. The van der Waals surface area contributed by atoms with Gasteiger partial charge < -0.3 is 4.90 Å². The summed E-state index contributed by atoms with van der Waals surface area (Å²) < 4.78 is 1.45. The average molecular weight is 338 g/mol. The highest BCUT2D eigenvalue weighted by atomic mass is 16.2. The second-order valence-corrected chi connectivity index (χ2v) is 6.28. The largest absolute Gasteiger partial charge is 0.329 e. The van der Waals surface area contributed by atoms with Gasteiger partial charge in [0.05, 0.1) is 17.9 Å². The Bertz CT molecular complexity index is 1010. The van der Waals surface area contributed by atoms with Gasteiger partial charge in [0.15, 0.2) is 5.65 Å². The number of rotatable bonds is 2. The van der Waals surface area contributed by atoms with Gasteiger partial charge in [0.25, 0.3) is 11.5 Å². The van der Waals surface area contributed by atoms with Gasteiger partial charge in [-0.25, -0.2) is 14.5 Å². The SMILES string of the molecule is Cc1nc2cc([C@@H]3CCCN3C(=O)c3cnccn3)[nH]n2c(=O)c1C. The van der Waals surface area contributed by atoms with E-state index < -0.39 is 0 Å². The molecule has 8 nitrogen and oxygen atoms in total. The first kappa shape index (κ1) is 15.5. The highest BCUT2D eigenvalue weighted by Gasteiger charge is 2.32. The van der Waals surface area contributed by atoms with E-state index in [1.807, 2.05) is 13.0 Å². The Kier molecular flexibility index (Phi) is 3.60. The van der Waals surface area contributed by atoms with E-state index in [0.717, 1.165) is 24.2 Å². The normalized spacial score (nSPS) is 17.4. The van der Waals surface area contributed by atoms with Crippen LogP contribution in [0.4, 0.5) is 0 Å². The molecule has 25 heavy (non-hydrogen) atoms. The lowest BCUT2D eigenvalue weighted by atomic mass is 10.1. The number of hydrogen-bond acceptors (Lipinski definition) is 5. The fourth-order valence-electron chi connectivity index (χ4n) is 3.30. The predicted octanol–water partition coefficient (Wildman–Crippen LogP) is 1.41. The van der Waals surface area contributed by atoms with Gasteiger partial charge in [-0.1, -0.05) is 0 Å². The molecule has 0 unspecified atom stereocenters. The van der Waals surface area contributed by atoms with Crippen molar-refractivity contribution in [2.24, 2.45) is 0 Å². The van der Waals surface area contributed by atoms with Crippen LogP contribution in [-0.2, 0) is 0 Å². The highest BCUT2D eigenvalue weighted by molar-refractivity contribution is 5.92. The molecule has 1 fully saturated rings. The second kappa shape index (κ2) is 5.80. The summed E-state index contributed by atoms with van der Waals surface area (Å²) in [5, 5.41) is 3.12. The highest BCUT2D eigenvalue weighted by Crippen LogP contribution is 2.32. The van der Waals surface area contributed by atoms with E-state index in [9.17, 15) is 9.59 Å². The molecule has 0 radical (unpaired) electrons. The zero-order chi connectivity index (χ0) is 17.6. The summed E-state index contributed by atoms with van der Waals surface area (Å²) >= 11 is 0. The summed E-state index contributed by atoms with van der Waals surface area (Å²) in [5.74, 6) is -0.151. The molecule has 0 aromatic carbocycles. The van der Waals surface area contributed by atoms with Crippen LogP contribution in [0.15, 0.2) is 29.5 Å². The first-order valence-electron chi connectivity index (χ1n) is 8.22. The van der Waals surface area contributed by atoms with Crippen LogP contribution in [0.2, 0.25) is 0 Å². The number of hydrogen-bond donors (Lipinski definition) is 1. The summed E-state index contributed by atoms with van der Waals surface area (Å²) in [6.07, 6.45) is 6.24. The summed E-state index contributed by atoms with van der Waals surface area (Å²) in [4.78, 5) is 39.5. The van der Waals surface area contributed by atoms with Gasteiger partial charge in [-0.2, -0.15) is 0 Å². The molecule has 4 heterocycles. The van der Waals surface area contributed by atoms with Crippen LogP contribution in [0.5, 0.6) is 0 Å². The molecule has 3 aromatic heterocycles. The van der Waals surface area contributed by atoms with Crippen molar-refractivity contribution in [3.05, 3.63) is 57.7 Å². The van der Waals surface area contributed by atoms with Crippen molar-refractivity contribution in [3.8, 4) is 0 Å². The first-order chi connectivity index (χ1) is 12.1. The molecular formula is C17H18N6O2. The Morgan fingerprint density at radius 2 is 2.16 bits per heavy atom. The zero-order valence-electron chi connectivity index (χ0n) is 14.1. The predicted molar refractivity (Wildman–Crippen MR) is 90.3 cm³/mol. The van der Waals surface area contributed by atoms with Crippen molar-refractivity contribution in [2.75, 3.05) is 6.54 Å². The lowest BCUT2D eigenvalue weighted by Gasteiger charge is -2.23. The molecule has 1 aliphatic rings. The van der Waals surface area contributed by atoms with Crippen LogP contribution >= 0.6 is 0 Å². The molecule has 1 aliphatic heterocycles. The molecule has 1 saturated heterocycles. The van der Waals surface area contributed by atoms with Gasteiger partial charge in [-0.3, -0.25) is 19.7 Å². The molecule has 1 atom stereocenters. The minimum atomic E-state index is -0.151. The molecule has 4 rings (SSSR count). The van der Waals surface area contributed by atoms with Gasteiger partial charge in [0.2, 0.25) is 0 Å². The van der Waals surface area contributed by atoms with Gasteiger partial charge in [0, 0.05) is 36.3 Å². The third kappa shape index (κ3) is 2.50. The maximum absolute atomic E-state index is 12.7.